The first kappa shape index (κ1) is 22.0. The predicted octanol–water partition coefficient (Wildman–Crippen LogP) is 4.26. The maximum absolute atomic E-state index is 12.3. The quantitative estimate of drug-likeness (QED) is 0.702. The van der Waals surface area contributed by atoms with Crippen molar-refractivity contribution >= 4 is 6.03 Å². The average molecular weight is 421 g/mol. The van der Waals surface area contributed by atoms with Crippen LogP contribution in [0.5, 0.6) is 5.75 Å². The fourth-order valence-electron chi connectivity index (χ4n) is 3.46. The van der Waals surface area contributed by atoms with Gasteiger partial charge < -0.3 is 15.4 Å². The van der Waals surface area contributed by atoms with Gasteiger partial charge in [-0.3, -0.25) is 4.90 Å². The molecule has 5 nitrogen and oxygen atoms in total. The Hall–Kier alpha value is -2.74. The van der Waals surface area contributed by atoms with E-state index < -0.39 is 12.8 Å². The summed E-state index contributed by atoms with van der Waals surface area (Å²) in [6.45, 7) is 3.07. The molecule has 3 rings (SSSR count). The van der Waals surface area contributed by atoms with Gasteiger partial charge in [-0.1, -0.05) is 42.5 Å². The molecule has 0 radical (unpaired) electrons. The van der Waals surface area contributed by atoms with E-state index in [1.807, 2.05) is 25.1 Å². The van der Waals surface area contributed by atoms with Gasteiger partial charge in [0.2, 0.25) is 0 Å². The topological polar surface area (TPSA) is 53.6 Å². The maximum atomic E-state index is 12.3. The van der Waals surface area contributed by atoms with Gasteiger partial charge in [0.15, 0.2) is 6.61 Å². The number of benzene rings is 2. The second-order valence-electron chi connectivity index (χ2n) is 7.52. The van der Waals surface area contributed by atoms with Crippen LogP contribution in [0.25, 0.3) is 0 Å². The van der Waals surface area contributed by atoms with Crippen LogP contribution in [0.3, 0.4) is 0 Å². The number of carbonyl (C=O) groups is 1. The summed E-state index contributed by atoms with van der Waals surface area (Å²) in [6, 6.07) is 16.0. The standard InChI is InChI=1S/C22H26F3N3O2/c1-16(18-7-9-20(10-8-18)30-15-22(23,24)25)26-21(29)27-19-11-12-28(14-19)13-17-5-3-2-4-6-17/h2-10,16,19H,11-15H2,1H3,(H2,26,27,29). The van der Waals surface area contributed by atoms with E-state index in [9.17, 15) is 18.0 Å². The van der Waals surface area contributed by atoms with Gasteiger partial charge in [-0.2, -0.15) is 13.2 Å². The van der Waals surface area contributed by atoms with Gasteiger partial charge in [-0.25, -0.2) is 4.79 Å². The van der Waals surface area contributed by atoms with Crippen molar-refractivity contribution in [2.45, 2.75) is 38.1 Å². The Kier molecular flexibility index (Phi) is 7.20. The van der Waals surface area contributed by atoms with Crippen LogP contribution in [0.15, 0.2) is 54.6 Å². The summed E-state index contributed by atoms with van der Waals surface area (Å²) < 4.78 is 41.3. The number of halogens is 3. The molecule has 0 aromatic heterocycles. The van der Waals surface area contributed by atoms with Crippen molar-refractivity contribution in [2.75, 3.05) is 19.7 Å². The monoisotopic (exact) mass is 421 g/mol. The summed E-state index contributed by atoms with van der Waals surface area (Å²) in [4.78, 5) is 14.6. The number of ether oxygens (including phenoxy) is 1. The van der Waals surface area contributed by atoms with Gasteiger partial charge in [-0.05, 0) is 36.6 Å². The number of nitrogens with one attached hydrogen (secondary N) is 2. The molecule has 30 heavy (non-hydrogen) atoms. The number of amides is 2. The SMILES string of the molecule is CC(NC(=O)NC1CCN(Cc2ccccc2)C1)c1ccc(OCC(F)(F)F)cc1. The number of nitrogens with zero attached hydrogens (tertiary/aromatic N) is 1. The summed E-state index contributed by atoms with van der Waals surface area (Å²) >= 11 is 0. The number of hydrogen-bond donors (Lipinski definition) is 2. The molecule has 0 aliphatic carbocycles. The lowest BCUT2D eigenvalue weighted by Gasteiger charge is -2.19. The van der Waals surface area contributed by atoms with E-state index in [2.05, 4.69) is 27.7 Å². The van der Waals surface area contributed by atoms with E-state index in [1.165, 1.54) is 17.7 Å². The molecule has 1 aliphatic rings. The van der Waals surface area contributed by atoms with E-state index in [-0.39, 0.29) is 23.9 Å². The fourth-order valence-corrected chi connectivity index (χ4v) is 3.46. The van der Waals surface area contributed by atoms with Crippen molar-refractivity contribution in [1.82, 2.24) is 15.5 Å². The first-order valence-corrected chi connectivity index (χ1v) is 9.91. The smallest absolute Gasteiger partial charge is 0.422 e. The highest BCUT2D eigenvalue weighted by molar-refractivity contribution is 5.74. The number of likely N-dealkylation sites (tertiary alicyclic amines) is 1. The van der Waals surface area contributed by atoms with Gasteiger partial charge in [0.05, 0.1) is 6.04 Å². The molecule has 2 amide bonds. The Labute approximate surface area is 174 Å². The molecule has 0 saturated carbocycles. The van der Waals surface area contributed by atoms with Crippen molar-refractivity contribution in [1.29, 1.82) is 0 Å². The molecule has 2 N–H and O–H groups in total. The van der Waals surface area contributed by atoms with E-state index in [1.54, 1.807) is 12.1 Å². The zero-order valence-corrected chi connectivity index (χ0v) is 16.8. The number of urea groups is 1. The highest BCUT2D eigenvalue weighted by atomic mass is 19.4. The van der Waals surface area contributed by atoms with Crippen molar-refractivity contribution in [3.05, 3.63) is 65.7 Å². The lowest BCUT2D eigenvalue weighted by atomic mass is 10.1. The minimum absolute atomic E-state index is 0.0825. The second-order valence-corrected chi connectivity index (χ2v) is 7.52. The number of rotatable bonds is 7. The average Bonchev–Trinajstić information content (AvgIpc) is 3.13. The van der Waals surface area contributed by atoms with E-state index >= 15 is 0 Å². The largest absolute Gasteiger partial charge is 0.484 e. The summed E-state index contributed by atoms with van der Waals surface area (Å²) in [6.07, 6.45) is -3.48. The molecule has 8 heteroatoms. The zero-order chi connectivity index (χ0) is 21.6. The Balaban J connectivity index is 1.42. The third-order valence-corrected chi connectivity index (χ3v) is 4.99. The van der Waals surface area contributed by atoms with Crippen molar-refractivity contribution in [2.24, 2.45) is 0 Å². The summed E-state index contributed by atoms with van der Waals surface area (Å²) in [7, 11) is 0. The first-order chi connectivity index (χ1) is 14.3. The zero-order valence-electron chi connectivity index (χ0n) is 16.8. The van der Waals surface area contributed by atoms with E-state index in [0.717, 1.165) is 31.6 Å². The maximum Gasteiger partial charge on any atom is 0.422 e. The van der Waals surface area contributed by atoms with Gasteiger partial charge in [0.25, 0.3) is 0 Å². The molecular formula is C22H26F3N3O2. The molecule has 0 spiro atoms. The lowest BCUT2D eigenvalue weighted by molar-refractivity contribution is -0.153. The minimum Gasteiger partial charge on any atom is -0.484 e. The van der Waals surface area contributed by atoms with Gasteiger partial charge >= 0.3 is 12.2 Å². The van der Waals surface area contributed by atoms with Gasteiger partial charge in [-0.15, -0.1) is 0 Å². The minimum atomic E-state index is -4.37. The van der Waals surface area contributed by atoms with E-state index in [0.29, 0.717) is 0 Å². The Morgan fingerprint density at radius 3 is 2.53 bits per heavy atom. The van der Waals surface area contributed by atoms with Crippen LogP contribution in [0, 0.1) is 0 Å². The summed E-state index contributed by atoms with van der Waals surface area (Å²) in [5.41, 5.74) is 2.03. The van der Waals surface area contributed by atoms with Gasteiger partial charge in [0, 0.05) is 25.7 Å². The molecule has 1 saturated heterocycles. The third kappa shape index (κ3) is 6.95. The van der Waals surface area contributed by atoms with Crippen LogP contribution in [-0.2, 0) is 6.54 Å². The molecule has 2 aromatic carbocycles. The second kappa shape index (κ2) is 9.84. The molecule has 162 valence electrons. The van der Waals surface area contributed by atoms with Crippen molar-refractivity contribution in [3.63, 3.8) is 0 Å². The van der Waals surface area contributed by atoms with Crippen LogP contribution in [-0.4, -0.2) is 42.8 Å². The molecule has 1 fully saturated rings. The molecule has 0 bridgehead atoms. The highest BCUT2D eigenvalue weighted by Crippen LogP contribution is 2.21. The van der Waals surface area contributed by atoms with Crippen molar-refractivity contribution in [3.8, 4) is 5.75 Å². The Morgan fingerprint density at radius 1 is 1.17 bits per heavy atom. The number of carbonyl (C=O) groups excluding carboxylic acids is 1. The fraction of sp³-hybridized carbons (Fsp3) is 0.409. The Bertz CT molecular complexity index is 813. The van der Waals surface area contributed by atoms with Crippen LogP contribution < -0.4 is 15.4 Å². The van der Waals surface area contributed by atoms with Crippen molar-refractivity contribution < 1.29 is 22.7 Å². The molecule has 2 atom stereocenters. The lowest BCUT2D eigenvalue weighted by Crippen LogP contribution is -2.44. The van der Waals surface area contributed by atoms with Crippen LogP contribution >= 0.6 is 0 Å². The first-order valence-electron chi connectivity index (χ1n) is 9.91. The van der Waals surface area contributed by atoms with Gasteiger partial charge in [0.1, 0.15) is 5.75 Å². The molecule has 1 aliphatic heterocycles. The number of alkyl halides is 3. The normalized spacial score (nSPS) is 18.1. The predicted molar refractivity (Wildman–Crippen MR) is 108 cm³/mol. The van der Waals surface area contributed by atoms with Crippen LogP contribution in [0.4, 0.5) is 18.0 Å². The summed E-state index contributed by atoms with van der Waals surface area (Å²) in [5, 5.41) is 5.88. The van der Waals surface area contributed by atoms with E-state index in [4.69, 9.17) is 4.74 Å². The molecule has 2 unspecified atom stereocenters. The number of hydrogen-bond acceptors (Lipinski definition) is 3. The highest BCUT2D eigenvalue weighted by Gasteiger charge is 2.28. The molecular weight excluding hydrogens is 395 g/mol. The molecule has 1 heterocycles. The Morgan fingerprint density at radius 2 is 1.87 bits per heavy atom. The third-order valence-electron chi connectivity index (χ3n) is 4.99. The van der Waals surface area contributed by atoms with Crippen LogP contribution in [0.1, 0.15) is 30.5 Å². The molecule has 2 aromatic rings. The summed E-state index contributed by atoms with van der Waals surface area (Å²) in [5.74, 6) is 0.136. The van der Waals surface area contributed by atoms with Crippen LogP contribution in [0.2, 0.25) is 0 Å².